The number of aliphatic hydroxyl groups is 1. The quantitative estimate of drug-likeness (QED) is 0.600. The van der Waals surface area contributed by atoms with Crippen LogP contribution in [-0.4, -0.2) is 66.4 Å². The van der Waals surface area contributed by atoms with E-state index in [-0.39, 0.29) is 23.9 Å². The Morgan fingerprint density at radius 1 is 1.24 bits per heavy atom. The lowest BCUT2D eigenvalue weighted by atomic mass is 9.92. The van der Waals surface area contributed by atoms with Crippen LogP contribution in [0.25, 0.3) is 11.1 Å². The van der Waals surface area contributed by atoms with Crippen molar-refractivity contribution in [1.29, 1.82) is 0 Å². The van der Waals surface area contributed by atoms with Gasteiger partial charge in [-0.3, -0.25) is 9.69 Å². The molecule has 4 N–H and O–H groups in total. The van der Waals surface area contributed by atoms with Crippen molar-refractivity contribution < 1.29 is 14.6 Å². The highest BCUT2D eigenvalue weighted by molar-refractivity contribution is 5.99. The minimum Gasteiger partial charge on any atom is -0.393 e. The van der Waals surface area contributed by atoms with E-state index < -0.39 is 0 Å². The Morgan fingerprint density at radius 2 is 2.00 bits per heavy atom. The first kappa shape index (κ1) is 22.3. The van der Waals surface area contributed by atoms with Gasteiger partial charge in [-0.2, -0.15) is 0 Å². The van der Waals surface area contributed by atoms with Crippen molar-refractivity contribution in [3.63, 3.8) is 0 Å². The maximum absolute atomic E-state index is 12.9. The number of carbonyl (C=O) groups excluding carboxylic acids is 1. The monoisotopic (exact) mass is 450 g/mol. The molecule has 2 aliphatic carbocycles. The summed E-state index contributed by atoms with van der Waals surface area (Å²) in [5, 5.41) is 12.8. The van der Waals surface area contributed by atoms with Gasteiger partial charge in [0.15, 0.2) is 0 Å². The van der Waals surface area contributed by atoms with Crippen LogP contribution in [0.3, 0.4) is 0 Å². The number of piperidine rings is 1. The fraction of sp³-hybridized carbons (Fsp3) is 0.538. The first-order chi connectivity index (χ1) is 16.0. The normalized spacial score (nSPS) is 29.0. The second kappa shape index (κ2) is 9.05. The molecule has 7 nitrogen and oxygen atoms in total. The van der Waals surface area contributed by atoms with Crippen LogP contribution in [0.5, 0.6) is 0 Å². The zero-order valence-electron chi connectivity index (χ0n) is 19.3. The van der Waals surface area contributed by atoms with Crippen molar-refractivity contribution in [3.8, 4) is 11.1 Å². The molecule has 0 spiro atoms. The standard InChI is InChI=1S/C26H34N4O3/c1-33-11-10-30-15-20-13-26(20,16-30)19-4-2-17(3-5-19)18-12-23(24(27)28-14-18)25(32)29-21-6-8-22(31)9-7-21/h2-5,12,14,20-22,31H,6-11,13,15-16H2,1H3,(H2,27,28)(H,29,32). The molecule has 2 saturated carbocycles. The molecule has 1 amide bonds. The van der Waals surface area contributed by atoms with E-state index in [1.807, 2.05) is 6.07 Å². The highest BCUT2D eigenvalue weighted by atomic mass is 16.5. The maximum atomic E-state index is 12.9. The average molecular weight is 451 g/mol. The lowest BCUT2D eigenvalue weighted by Gasteiger charge is -2.26. The molecule has 1 aromatic heterocycles. The molecular formula is C26H34N4O3. The minimum absolute atomic E-state index is 0.0730. The second-order valence-electron chi connectivity index (χ2n) is 10.00. The summed E-state index contributed by atoms with van der Waals surface area (Å²) in [5.41, 5.74) is 10.1. The number of fused-ring (bicyclic) bond motifs is 1. The zero-order valence-corrected chi connectivity index (χ0v) is 19.3. The van der Waals surface area contributed by atoms with Gasteiger partial charge in [0, 0.05) is 50.0 Å². The van der Waals surface area contributed by atoms with E-state index in [9.17, 15) is 9.90 Å². The number of amides is 1. The minimum atomic E-state index is -0.251. The molecular weight excluding hydrogens is 416 g/mol. The average Bonchev–Trinajstić information content (AvgIpc) is 3.40. The van der Waals surface area contributed by atoms with Crippen LogP contribution >= 0.6 is 0 Å². The Bertz CT molecular complexity index is 1000. The van der Waals surface area contributed by atoms with Crippen LogP contribution in [0, 0.1) is 5.92 Å². The Kier molecular flexibility index (Phi) is 6.12. The number of aromatic nitrogens is 1. The van der Waals surface area contributed by atoms with Crippen molar-refractivity contribution in [2.24, 2.45) is 5.92 Å². The number of aliphatic hydroxyl groups excluding tert-OH is 1. The highest BCUT2D eigenvalue weighted by Gasteiger charge is 2.60. The molecule has 2 atom stereocenters. The summed E-state index contributed by atoms with van der Waals surface area (Å²) in [6.07, 6.45) is 5.76. The van der Waals surface area contributed by atoms with E-state index in [4.69, 9.17) is 10.5 Å². The molecule has 3 aliphatic rings. The van der Waals surface area contributed by atoms with Gasteiger partial charge in [-0.15, -0.1) is 0 Å². The van der Waals surface area contributed by atoms with Gasteiger partial charge in [-0.25, -0.2) is 4.98 Å². The lowest BCUT2D eigenvalue weighted by Crippen LogP contribution is -2.38. The number of hydrogen-bond donors (Lipinski definition) is 3. The van der Waals surface area contributed by atoms with E-state index in [1.165, 1.54) is 12.0 Å². The van der Waals surface area contributed by atoms with Gasteiger partial charge in [0.05, 0.1) is 18.3 Å². The van der Waals surface area contributed by atoms with Crippen LogP contribution in [0.15, 0.2) is 36.5 Å². The third-order valence-corrected chi connectivity index (χ3v) is 7.82. The molecule has 2 aromatic rings. The van der Waals surface area contributed by atoms with E-state index in [2.05, 4.69) is 39.5 Å². The molecule has 7 heteroatoms. The van der Waals surface area contributed by atoms with E-state index in [0.717, 1.165) is 69.0 Å². The molecule has 0 radical (unpaired) electrons. The van der Waals surface area contributed by atoms with Crippen molar-refractivity contribution in [2.75, 3.05) is 39.1 Å². The third-order valence-electron chi connectivity index (χ3n) is 7.82. The summed E-state index contributed by atoms with van der Waals surface area (Å²) in [4.78, 5) is 19.7. The van der Waals surface area contributed by atoms with Gasteiger partial charge in [0.1, 0.15) is 5.82 Å². The number of carbonyl (C=O) groups is 1. The van der Waals surface area contributed by atoms with E-state index >= 15 is 0 Å². The van der Waals surface area contributed by atoms with Crippen molar-refractivity contribution in [2.45, 2.75) is 49.7 Å². The molecule has 5 rings (SSSR count). The number of ether oxygens (including phenoxy) is 1. The van der Waals surface area contributed by atoms with Crippen LogP contribution < -0.4 is 11.1 Å². The first-order valence-corrected chi connectivity index (χ1v) is 12.0. The SMILES string of the molecule is COCCN1CC2CC2(c2ccc(-c3cnc(N)c(C(=O)NC4CCC(O)CC4)c3)cc2)C1. The first-order valence-electron chi connectivity index (χ1n) is 12.0. The Balaban J connectivity index is 1.28. The molecule has 0 bridgehead atoms. The van der Waals surface area contributed by atoms with Crippen molar-refractivity contribution in [1.82, 2.24) is 15.2 Å². The fourth-order valence-electron chi connectivity index (χ4n) is 5.72. The van der Waals surface area contributed by atoms with Crippen molar-refractivity contribution in [3.05, 3.63) is 47.7 Å². The molecule has 176 valence electrons. The summed E-state index contributed by atoms with van der Waals surface area (Å²) < 4.78 is 5.24. The predicted molar refractivity (Wildman–Crippen MR) is 128 cm³/mol. The number of benzene rings is 1. The second-order valence-corrected chi connectivity index (χ2v) is 10.00. The number of anilines is 1. The molecule has 1 aliphatic heterocycles. The molecule has 2 heterocycles. The summed E-state index contributed by atoms with van der Waals surface area (Å²) in [7, 11) is 1.76. The number of pyridine rings is 1. The Labute approximate surface area is 195 Å². The van der Waals surface area contributed by atoms with Crippen LogP contribution in [0.4, 0.5) is 5.82 Å². The van der Waals surface area contributed by atoms with Gasteiger partial charge >= 0.3 is 0 Å². The number of nitrogens with two attached hydrogens (primary N) is 1. The number of hydrogen-bond acceptors (Lipinski definition) is 6. The summed E-state index contributed by atoms with van der Waals surface area (Å²) in [5.74, 6) is 0.793. The molecule has 2 unspecified atom stereocenters. The maximum Gasteiger partial charge on any atom is 0.255 e. The fourth-order valence-corrected chi connectivity index (χ4v) is 5.72. The van der Waals surface area contributed by atoms with Crippen LogP contribution in [-0.2, 0) is 10.2 Å². The predicted octanol–water partition coefficient (Wildman–Crippen LogP) is 2.58. The summed E-state index contributed by atoms with van der Waals surface area (Å²) in [6.45, 7) is 4.04. The molecule has 1 saturated heterocycles. The molecule has 1 aromatic carbocycles. The number of methoxy groups -OCH3 is 1. The van der Waals surface area contributed by atoms with E-state index in [0.29, 0.717) is 11.0 Å². The third kappa shape index (κ3) is 4.50. The Morgan fingerprint density at radius 3 is 2.73 bits per heavy atom. The van der Waals surface area contributed by atoms with E-state index in [1.54, 1.807) is 13.3 Å². The largest absolute Gasteiger partial charge is 0.393 e. The van der Waals surface area contributed by atoms with Crippen LogP contribution in [0.2, 0.25) is 0 Å². The summed E-state index contributed by atoms with van der Waals surface area (Å²) in [6, 6.07) is 10.6. The van der Waals surface area contributed by atoms with Gasteiger partial charge < -0.3 is 20.9 Å². The summed E-state index contributed by atoms with van der Waals surface area (Å²) >= 11 is 0. The number of nitrogens with one attached hydrogen (secondary N) is 1. The van der Waals surface area contributed by atoms with Gasteiger partial charge in [0.25, 0.3) is 5.91 Å². The number of rotatable bonds is 7. The number of nitrogen functional groups attached to an aromatic ring is 1. The topological polar surface area (TPSA) is 101 Å². The Hall–Kier alpha value is -2.48. The lowest BCUT2D eigenvalue weighted by molar-refractivity contribution is 0.0868. The zero-order chi connectivity index (χ0) is 23.0. The van der Waals surface area contributed by atoms with Gasteiger partial charge in [0.2, 0.25) is 0 Å². The smallest absolute Gasteiger partial charge is 0.255 e. The number of nitrogens with zero attached hydrogens (tertiary/aromatic N) is 2. The van der Waals surface area contributed by atoms with Gasteiger partial charge in [-0.05, 0) is 55.2 Å². The van der Waals surface area contributed by atoms with Crippen LogP contribution in [0.1, 0.15) is 48.0 Å². The number of likely N-dealkylation sites (tertiary alicyclic amines) is 1. The molecule has 33 heavy (non-hydrogen) atoms. The van der Waals surface area contributed by atoms with Crippen molar-refractivity contribution >= 4 is 11.7 Å². The molecule has 3 fully saturated rings. The highest BCUT2D eigenvalue weighted by Crippen LogP contribution is 2.59. The van der Waals surface area contributed by atoms with Gasteiger partial charge in [-0.1, -0.05) is 24.3 Å².